The van der Waals surface area contributed by atoms with Gasteiger partial charge in [0.2, 0.25) is 0 Å². The van der Waals surface area contributed by atoms with E-state index in [0.29, 0.717) is 11.6 Å². The molecule has 2 aliphatic rings. The first-order chi connectivity index (χ1) is 11.3. The maximum atomic E-state index is 12.6. The van der Waals surface area contributed by atoms with Gasteiger partial charge in [0.15, 0.2) is 0 Å². The van der Waals surface area contributed by atoms with E-state index in [2.05, 4.69) is 25.5 Å². The van der Waals surface area contributed by atoms with Crippen LogP contribution >= 0.6 is 0 Å². The fourth-order valence-corrected chi connectivity index (χ4v) is 3.11. The van der Waals surface area contributed by atoms with Crippen LogP contribution in [-0.2, 0) is 0 Å². The van der Waals surface area contributed by atoms with Gasteiger partial charge in [-0.1, -0.05) is 0 Å². The lowest BCUT2D eigenvalue weighted by Gasteiger charge is -2.35. The van der Waals surface area contributed by atoms with Crippen molar-refractivity contribution >= 4 is 11.7 Å². The first-order valence-corrected chi connectivity index (χ1v) is 8.19. The average Bonchev–Trinajstić information content (AvgIpc) is 3.30. The molecule has 0 bridgehead atoms. The molecule has 2 N–H and O–H groups in total. The van der Waals surface area contributed by atoms with Crippen molar-refractivity contribution in [1.29, 1.82) is 0 Å². The number of aromatic amines is 1. The van der Waals surface area contributed by atoms with Crippen LogP contribution in [0.3, 0.4) is 0 Å². The fraction of sp³-hybridized carbons (Fsp3) is 0.500. The number of rotatable bonds is 3. The lowest BCUT2D eigenvalue weighted by Crippen LogP contribution is -2.41. The molecule has 1 saturated heterocycles. The van der Waals surface area contributed by atoms with E-state index in [1.54, 1.807) is 18.6 Å². The summed E-state index contributed by atoms with van der Waals surface area (Å²) in [4.78, 5) is 23.2. The predicted octanol–water partition coefficient (Wildman–Crippen LogP) is 2.84. The van der Waals surface area contributed by atoms with Crippen molar-refractivity contribution in [3.63, 3.8) is 0 Å². The Balaban J connectivity index is 1.46. The number of carbonyl (C=O) groups is 1. The lowest BCUT2D eigenvalue weighted by molar-refractivity contribution is 0.163. The Labute approximate surface area is 134 Å². The number of nitrogens with zero attached hydrogens (tertiary/aromatic N) is 4. The monoisotopic (exact) mass is 312 g/mol. The van der Waals surface area contributed by atoms with Crippen molar-refractivity contribution in [3.8, 4) is 0 Å². The Morgan fingerprint density at radius 1 is 1.17 bits per heavy atom. The molecule has 7 heteroatoms. The quantitative estimate of drug-likeness (QED) is 0.912. The first kappa shape index (κ1) is 14.2. The van der Waals surface area contributed by atoms with Gasteiger partial charge in [0, 0.05) is 24.2 Å². The number of carbonyl (C=O) groups excluding carboxylic acids is 1. The number of likely N-dealkylation sites (tertiary alicyclic amines) is 1. The van der Waals surface area contributed by atoms with Gasteiger partial charge < -0.3 is 10.2 Å². The van der Waals surface area contributed by atoms with Crippen molar-refractivity contribution in [2.45, 2.75) is 44.1 Å². The summed E-state index contributed by atoms with van der Waals surface area (Å²) in [6, 6.07) is -0.0205. The molecule has 0 spiro atoms. The van der Waals surface area contributed by atoms with E-state index in [1.165, 1.54) is 12.8 Å². The molecule has 1 atom stereocenters. The summed E-state index contributed by atoms with van der Waals surface area (Å²) in [5.74, 6) is 1.41. The van der Waals surface area contributed by atoms with E-state index in [0.717, 1.165) is 37.2 Å². The van der Waals surface area contributed by atoms with E-state index in [1.807, 2.05) is 11.1 Å². The molecule has 2 aromatic rings. The van der Waals surface area contributed by atoms with Crippen molar-refractivity contribution in [2.75, 3.05) is 11.9 Å². The summed E-state index contributed by atoms with van der Waals surface area (Å²) in [7, 11) is 0. The molecule has 2 fully saturated rings. The Bertz CT molecular complexity index is 664. The van der Waals surface area contributed by atoms with E-state index in [9.17, 15) is 4.79 Å². The number of anilines is 1. The maximum absolute atomic E-state index is 12.6. The van der Waals surface area contributed by atoms with Crippen LogP contribution in [0.2, 0.25) is 0 Å². The van der Waals surface area contributed by atoms with Crippen LogP contribution in [0.1, 0.15) is 55.5 Å². The molecule has 4 rings (SSSR count). The predicted molar refractivity (Wildman–Crippen MR) is 84.9 cm³/mol. The highest BCUT2D eigenvalue weighted by atomic mass is 16.2. The average molecular weight is 312 g/mol. The highest BCUT2D eigenvalue weighted by molar-refractivity contribution is 5.89. The molecule has 0 unspecified atom stereocenters. The number of aromatic nitrogens is 4. The van der Waals surface area contributed by atoms with Gasteiger partial charge in [-0.25, -0.2) is 14.8 Å². The third kappa shape index (κ3) is 3.04. The third-order valence-corrected chi connectivity index (χ3v) is 4.53. The molecule has 2 aromatic heterocycles. The zero-order valence-electron chi connectivity index (χ0n) is 12.9. The highest BCUT2D eigenvalue weighted by Crippen LogP contribution is 2.37. The van der Waals surface area contributed by atoms with Gasteiger partial charge >= 0.3 is 6.03 Å². The van der Waals surface area contributed by atoms with Crippen LogP contribution in [0.5, 0.6) is 0 Å². The van der Waals surface area contributed by atoms with Crippen LogP contribution in [-0.4, -0.2) is 37.6 Å². The summed E-state index contributed by atoms with van der Waals surface area (Å²) in [5.41, 5.74) is 1.70. The second kappa shape index (κ2) is 5.98. The molecular weight excluding hydrogens is 292 g/mol. The van der Waals surface area contributed by atoms with Gasteiger partial charge in [-0.05, 0) is 32.1 Å². The minimum absolute atomic E-state index is 0.0779. The second-order valence-corrected chi connectivity index (χ2v) is 6.27. The topological polar surface area (TPSA) is 86.8 Å². The number of amides is 2. The Morgan fingerprint density at radius 3 is 2.70 bits per heavy atom. The molecule has 3 heterocycles. The molecule has 2 amide bonds. The number of urea groups is 1. The van der Waals surface area contributed by atoms with E-state index < -0.39 is 0 Å². The summed E-state index contributed by atoms with van der Waals surface area (Å²) in [6.07, 6.45) is 12.5. The van der Waals surface area contributed by atoms with Crippen LogP contribution in [0, 0.1) is 0 Å². The molecule has 1 aliphatic heterocycles. The standard InChI is InChI=1S/C16H20N6O/c23-16(21-13-9-17-15(18-10-13)11-4-5-11)22-6-2-1-3-14(22)12-7-19-20-8-12/h7-11,14H,1-6H2,(H,19,20)(H,21,23)/t14-/m0/s1. The van der Waals surface area contributed by atoms with Crippen LogP contribution in [0.4, 0.5) is 10.5 Å². The van der Waals surface area contributed by atoms with E-state index in [-0.39, 0.29) is 12.1 Å². The molecule has 0 radical (unpaired) electrons. The smallest absolute Gasteiger partial charge is 0.317 e. The number of H-pyrrole nitrogens is 1. The maximum Gasteiger partial charge on any atom is 0.322 e. The minimum Gasteiger partial charge on any atom is -0.317 e. The molecule has 1 aliphatic carbocycles. The Kier molecular flexibility index (Phi) is 3.69. The van der Waals surface area contributed by atoms with Gasteiger partial charge in [0.05, 0.1) is 30.3 Å². The van der Waals surface area contributed by atoms with Crippen molar-refractivity contribution in [2.24, 2.45) is 0 Å². The SMILES string of the molecule is O=C(Nc1cnc(C2CC2)nc1)N1CCCC[C@H]1c1cn[nH]c1. The van der Waals surface area contributed by atoms with E-state index in [4.69, 9.17) is 0 Å². The van der Waals surface area contributed by atoms with Gasteiger partial charge in [0.1, 0.15) is 5.82 Å². The van der Waals surface area contributed by atoms with Gasteiger partial charge in [-0.15, -0.1) is 0 Å². The molecule has 1 saturated carbocycles. The summed E-state index contributed by atoms with van der Waals surface area (Å²) in [6.45, 7) is 0.753. The number of hydrogen-bond donors (Lipinski definition) is 2. The first-order valence-electron chi connectivity index (χ1n) is 8.19. The summed E-state index contributed by atoms with van der Waals surface area (Å²) >= 11 is 0. The molecule has 120 valence electrons. The molecule has 23 heavy (non-hydrogen) atoms. The molecular formula is C16H20N6O. The minimum atomic E-state index is -0.0985. The van der Waals surface area contributed by atoms with Crippen molar-refractivity contribution in [1.82, 2.24) is 25.1 Å². The van der Waals surface area contributed by atoms with Crippen molar-refractivity contribution in [3.05, 3.63) is 36.2 Å². The number of piperidine rings is 1. The van der Waals surface area contributed by atoms with Gasteiger partial charge in [0.25, 0.3) is 0 Å². The molecule has 0 aromatic carbocycles. The van der Waals surface area contributed by atoms with E-state index >= 15 is 0 Å². The number of hydrogen-bond acceptors (Lipinski definition) is 4. The summed E-state index contributed by atoms with van der Waals surface area (Å²) in [5, 5.41) is 9.76. The second-order valence-electron chi connectivity index (χ2n) is 6.27. The Morgan fingerprint density at radius 2 is 2.00 bits per heavy atom. The van der Waals surface area contributed by atoms with Crippen molar-refractivity contribution < 1.29 is 4.79 Å². The van der Waals surface area contributed by atoms with Crippen LogP contribution in [0.15, 0.2) is 24.8 Å². The van der Waals surface area contributed by atoms with Crippen LogP contribution < -0.4 is 5.32 Å². The number of nitrogens with one attached hydrogen (secondary N) is 2. The summed E-state index contributed by atoms with van der Waals surface area (Å²) < 4.78 is 0. The van der Waals surface area contributed by atoms with Gasteiger partial charge in [-0.2, -0.15) is 5.10 Å². The normalized spacial score (nSPS) is 21.2. The fourth-order valence-electron chi connectivity index (χ4n) is 3.11. The third-order valence-electron chi connectivity index (χ3n) is 4.53. The highest BCUT2D eigenvalue weighted by Gasteiger charge is 2.29. The lowest BCUT2D eigenvalue weighted by atomic mass is 9.98. The molecule has 7 nitrogen and oxygen atoms in total. The van der Waals surface area contributed by atoms with Crippen LogP contribution in [0.25, 0.3) is 0 Å². The zero-order chi connectivity index (χ0) is 15.6. The zero-order valence-corrected chi connectivity index (χ0v) is 12.9. The Hall–Kier alpha value is -2.44. The van der Waals surface area contributed by atoms with Gasteiger partial charge in [-0.3, -0.25) is 5.10 Å². The largest absolute Gasteiger partial charge is 0.322 e.